The normalized spacial score (nSPS) is 14.4. The quantitative estimate of drug-likeness (QED) is 0.663. The monoisotopic (exact) mass is 173 g/mol. The molecule has 1 nitrogen and oxygen atoms in total. The first-order valence-corrected chi connectivity index (χ1v) is 5.08. The molecule has 0 saturated heterocycles. The number of hydrogen-bond donors (Lipinski definition) is 1. The first-order chi connectivity index (χ1) is 4.90. The zero-order valence-corrected chi connectivity index (χ0v) is 8.96. The van der Waals surface area contributed by atoms with Crippen molar-refractivity contribution in [3.8, 4) is 0 Å². The molecule has 0 amide bonds. The van der Waals surface area contributed by atoms with E-state index >= 15 is 0 Å². The summed E-state index contributed by atoms with van der Waals surface area (Å²) in [5.74, 6) is 0. The number of allylic oxidation sites excluding steroid dienone is 1. The largest absolute Gasteiger partial charge is 0.323 e. The van der Waals surface area contributed by atoms with Crippen LogP contribution in [0.25, 0.3) is 0 Å². The fraction of sp³-hybridized carbons (Fsp3) is 0.778. The van der Waals surface area contributed by atoms with Crippen molar-refractivity contribution in [1.82, 2.24) is 0 Å². The van der Waals surface area contributed by atoms with Crippen LogP contribution in [0.5, 0.6) is 0 Å². The Labute approximate surface area is 74.4 Å². The Morgan fingerprint density at radius 3 is 2.18 bits per heavy atom. The number of nitrogens with two attached hydrogens (primary N) is 1. The third-order valence-corrected chi connectivity index (χ3v) is 3.17. The smallest absolute Gasteiger partial charge is 0.0370 e. The highest BCUT2D eigenvalue weighted by atomic mass is 32.2. The van der Waals surface area contributed by atoms with Gasteiger partial charge in [0, 0.05) is 10.8 Å². The highest BCUT2D eigenvalue weighted by molar-refractivity contribution is 8.00. The van der Waals surface area contributed by atoms with Crippen LogP contribution < -0.4 is 5.73 Å². The highest BCUT2D eigenvalue weighted by Crippen LogP contribution is 2.25. The Balaban J connectivity index is 4.24. The summed E-state index contributed by atoms with van der Waals surface area (Å²) in [5.41, 5.74) is 7.26. The van der Waals surface area contributed by atoms with Gasteiger partial charge in [0.1, 0.15) is 0 Å². The molecule has 1 unspecified atom stereocenters. The lowest BCUT2D eigenvalue weighted by Gasteiger charge is -2.27. The third kappa shape index (κ3) is 3.82. The molecule has 0 bridgehead atoms. The van der Waals surface area contributed by atoms with E-state index in [4.69, 9.17) is 5.73 Å². The van der Waals surface area contributed by atoms with Crippen LogP contribution in [0.3, 0.4) is 0 Å². The van der Waals surface area contributed by atoms with Gasteiger partial charge in [-0.15, -0.1) is 0 Å². The van der Waals surface area contributed by atoms with Crippen molar-refractivity contribution in [2.24, 2.45) is 5.73 Å². The SMILES string of the molecule is CSC(C)(C)C(N)C=C(C)C. The Hall–Kier alpha value is 0.0500. The van der Waals surface area contributed by atoms with Crippen LogP contribution in [-0.2, 0) is 0 Å². The lowest BCUT2D eigenvalue weighted by molar-refractivity contribution is 0.622. The molecule has 11 heavy (non-hydrogen) atoms. The van der Waals surface area contributed by atoms with Gasteiger partial charge in [-0.2, -0.15) is 11.8 Å². The average Bonchev–Trinajstić information content (AvgIpc) is 1.86. The summed E-state index contributed by atoms with van der Waals surface area (Å²) in [4.78, 5) is 0. The first-order valence-electron chi connectivity index (χ1n) is 3.86. The fourth-order valence-corrected chi connectivity index (χ4v) is 1.04. The molecule has 0 fully saturated rings. The van der Waals surface area contributed by atoms with Crippen LogP contribution in [0.2, 0.25) is 0 Å². The molecule has 0 spiro atoms. The van der Waals surface area contributed by atoms with Gasteiger partial charge in [0.05, 0.1) is 0 Å². The zero-order valence-electron chi connectivity index (χ0n) is 8.14. The van der Waals surface area contributed by atoms with Crippen LogP contribution in [0.15, 0.2) is 11.6 Å². The first kappa shape index (κ1) is 11.1. The second-order valence-electron chi connectivity index (χ2n) is 3.58. The standard InChI is InChI=1S/C9H19NS/c1-7(2)6-8(10)9(3,4)11-5/h6,8H,10H2,1-5H3. The van der Waals surface area contributed by atoms with Crippen LogP contribution in [0.1, 0.15) is 27.7 Å². The summed E-state index contributed by atoms with van der Waals surface area (Å²) in [6.45, 7) is 8.50. The average molecular weight is 173 g/mol. The van der Waals surface area contributed by atoms with E-state index in [2.05, 4.69) is 40.0 Å². The Kier molecular flexibility index (Phi) is 4.19. The predicted octanol–water partition coefficient (Wildman–Crippen LogP) is 2.42. The molecule has 0 aromatic rings. The molecule has 0 radical (unpaired) electrons. The third-order valence-electron chi connectivity index (χ3n) is 1.84. The number of rotatable bonds is 3. The van der Waals surface area contributed by atoms with Crippen molar-refractivity contribution in [3.63, 3.8) is 0 Å². The molecular formula is C9H19NS. The van der Waals surface area contributed by atoms with Crippen molar-refractivity contribution in [1.29, 1.82) is 0 Å². The molecule has 66 valence electrons. The summed E-state index contributed by atoms with van der Waals surface area (Å²) in [6, 6.07) is 0.155. The van der Waals surface area contributed by atoms with E-state index in [1.165, 1.54) is 5.57 Å². The van der Waals surface area contributed by atoms with Crippen molar-refractivity contribution >= 4 is 11.8 Å². The van der Waals surface area contributed by atoms with Gasteiger partial charge in [-0.3, -0.25) is 0 Å². The topological polar surface area (TPSA) is 26.0 Å². The van der Waals surface area contributed by atoms with E-state index in [0.717, 1.165) is 0 Å². The molecule has 0 aliphatic rings. The molecule has 0 saturated carbocycles. The Morgan fingerprint density at radius 1 is 1.45 bits per heavy atom. The minimum absolute atomic E-state index is 0.150. The van der Waals surface area contributed by atoms with E-state index in [9.17, 15) is 0 Å². The van der Waals surface area contributed by atoms with E-state index in [1.54, 1.807) is 0 Å². The van der Waals surface area contributed by atoms with Crippen LogP contribution in [0.4, 0.5) is 0 Å². The fourth-order valence-electron chi connectivity index (χ4n) is 0.696. The van der Waals surface area contributed by atoms with Crippen LogP contribution in [0, 0.1) is 0 Å². The van der Waals surface area contributed by atoms with Crippen molar-refractivity contribution < 1.29 is 0 Å². The second kappa shape index (κ2) is 4.17. The lowest BCUT2D eigenvalue weighted by Crippen LogP contribution is -2.38. The molecule has 0 aliphatic heterocycles. The molecular weight excluding hydrogens is 154 g/mol. The maximum atomic E-state index is 5.97. The number of hydrogen-bond acceptors (Lipinski definition) is 2. The molecule has 2 heteroatoms. The van der Waals surface area contributed by atoms with Crippen molar-refractivity contribution in [2.75, 3.05) is 6.26 Å². The number of thioether (sulfide) groups is 1. The van der Waals surface area contributed by atoms with Gasteiger partial charge in [0.2, 0.25) is 0 Å². The minimum atomic E-state index is 0.150. The van der Waals surface area contributed by atoms with Gasteiger partial charge < -0.3 is 5.73 Å². The molecule has 2 N–H and O–H groups in total. The highest BCUT2D eigenvalue weighted by Gasteiger charge is 2.22. The molecule has 0 aromatic carbocycles. The Morgan fingerprint density at radius 2 is 1.91 bits per heavy atom. The maximum absolute atomic E-state index is 5.97. The summed E-state index contributed by atoms with van der Waals surface area (Å²) in [6.07, 6.45) is 4.22. The maximum Gasteiger partial charge on any atom is 0.0370 e. The lowest BCUT2D eigenvalue weighted by atomic mass is 10.0. The van der Waals surface area contributed by atoms with Crippen LogP contribution >= 0.6 is 11.8 Å². The zero-order chi connectivity index (χ0) is 9.07. The van der Waals surface area contributed by atoms with Gasteiger partial charge in [0.15, 0.2) is 0 Å². The molecule has 0 aliphatic carbocycles. The van der Waals surface area contributed by atoms with Gasteiger partial charge in [-0.05, 0) is 34.0 Å². The molecule has 0 heterocycles. The van der Waals surface area contributed by atoms with Gasteiger partial charge in [-0.25, -0.2) is 0 Å². The van der Waals surface area contributed by atoms with E-state index < -0.39 is 0 Å². The second-order valence-corrected chi connectivity index (χ2v) is 5.04. The summed E-state index contributed by atoms with van der Waals surface area (Å²) < 4.78 is 0.150. The van der Waals surface area contributed by atoms with E-state index in [0.29, 0.717) is 0 Å². The van der Waals surface area contributed by atoms with Crippen molar-refractivity contribution in [2.45, 2.75) is 38.5 Å². The Bertz CT molecular complexity index is 146. The molecule has 0 rings (SSSR count). The van der Waals surface area contributed by atoms with E-state index in [1.807, 2.05) is 11.8 Å². The van der Waals surface area contributed by atoms with Gasteiger partial charge in [0.25, 0.3) is 0 Å². The summed E-state index contributed by atoms with van der Waals surface area (Å²) >= 11 is 1.81. The summed E-state index contributed by atoms with van der Waals surface area (Å²) in [5, 5.41) is 0. The summed E-state index contributed by atoms with van der Waals surface area (Å²) in [7, 11) is 0. The van der Waals surface area contributed by atoms with Gasteiger partial charge >= 0.3 is 0 Å². The molecule has 1 atom stereocenters. The van der Waals surface area contributed by atoms with E-state index in [-0.39, 0.29) is 10.8 Å². The van der Waals surface area contributed by atoms with Crippen LogP contribution in [-0.4, -0.2) is 17.0 Å². The predicted molar refractivity (Wildman–Crippen MR) is 55.0 cm³/mol. The molecule has 0 aromatic heterocycles. The van der Waals surface area contributed by atoms with Crippen molar-refractivity contribution in [3.05, 3.63) is 11.6 Å². The van der Waals surface area contributed by atoms with Gasteiger partial charge in [-0.1, -0.05) is 11.6 Å². The minimum Gasteiger partial charge on any atom is -0.323 e.